The predicted octanol–water partition coefficient (Wildman–Crippen LogP) is 4.32. The van der Waals surface area contributed by atoms with Crippen LogP contribution >= 0.6 is 0 Å². The Morgan fingerprint density at radius 2 is 1.54 bits per heavy atom. The zero-order valence-corrected chi connectivity index (χ0v) is 18.6. The summed E-state index contributed by atoms with van der Waals surface area (Å²) in [6.07, 6.45) is 3.83. The third-order valence-electron chi connectivity index (χ3n) is 5.72. The van der Waals surface area contributed by atoms with Gasteiger partial charge in [0.15, 0.2) is 0 Å². The van der Waals surface area contributed by atoms with Gasteiger partial charge in [0, 0.05) is 17.4 Å². The molecular formula is C25H20FN5O4. The number of aromatic nitrogens is 3. The first kappa shape index (κ1) is 22.2. The van der Waals surface area contributed by atoms with Gasteiger partial charge in [-0.2, -0.15) is 0 Å². The van der Waals surface area contributed by atoms with E-state index >= 15 is 0 Å². The maximum Gasteiger partial charge on any atom is 0.240 e. The molecule has 1 aliphatic rings. The normalized spacial score (nSPS) is 13.7. The highest BCUT2D eigenvalue weighted by Crippen LogP contribution is 2.47. The third-order valence-corrected chi connectivity index (χ3v) is 5.72. The van der Waals surface area contributed by atoms with E-state index in [1.54, 1.807) is 36.5 Å². The second-order valence-electron chi connectivity index (χ2n) is 8.05. The number of rotatable bonds is 7. The maximum atomic E-state index is 13.1. The SMILES string of the molecule is COc1cc2c(Oc3ccc(NC(=O)C4(C(=O)Nc5ccc(F)cc5)CC4)cc3)ncnc2cn1. The van der Waals surface area contributed by atoms with Gasteiger partial charge in [-0.25, -0.2) is 19.3 Å². The summed E-state index contributed by atoms with van der Waals surface area (Å²) in [6.45, 7) is 0. The smallest absolute Gasteiger partial charge is 0.240 e. The topological polar surface area (TPSA) is 115 Å². The minimum atomic E-state index is -1.14. The van der Waals surface area contributed by atoms with Crippen LogP contribution in [0.15, 0.2) is 67.1 Å². The first-order chi connectivity index (χ1) is 17.0. The lowest BCUT2D eigenvalue weighted by molar-refractivity contribution is -0.131. The van der Waals surface area contributed by atoms with Gasteiger partial charge in [0.2, 0.25) is 23.6 Å². The Kier molecular flexibility index (Phi) is 5.69. The molecule has 4 aromatic rings. The monoisotopic (exact) mass is 473 g/mol. The molecule has 0 aliphatic heterocycles. The number of carbonyl (C=O) groups excluding carboxylic acids is 2. The fraction of sp³-hybridized carbons (Fsp3) is 0.160. The largest absolute Gasteiger partial charge is 0.481 e. The summed E-state index contributed by atoms with van der Waals surface area (Å²) in [5, 5.41) is 6.11. The number of methoxy groups -OCH3 is 1. The fourth-order valence-corrected chi connectivity index (χ4v) is 3.54. The number of halogens is 1. The highest BCUT2D eigenvalue weighted by Gasteiger charge is 2.56. The Morgan fingerprint density at radius 1 is 0.914 bits per heavy atom. The zero-order chi connectivity index (χ0) is 24.4. The average molecular weight is 473 g/mol. The lowest BCUT2D eigenvalue weighted by Crippen LogP contribution is -2.35. The molecule has 1 saturated carbocycles. The first-order valence-corrected chi connectivity index (χ1v) is 10.8. The van der Waals surface area contributed by atoms with Gasteiger partial charge >= 0.3 is 0 Å². The summed E-state index contributed by atoms with van der Waals surface area (Å²) in [7, 11) is 1.52. The molecule has 1 aliphatic carbocycles. The van der Waals surface area contributed by atoms with Gasteiger partial charge in [0.25, 0.3) is 0 Å². The number of ether oxygens (including phenoxy) is 2. The number of nitrogens with zero attached hydrogens (tertiary/aromatic N) is 3. The Hall–Kier alpha value is -4.60. The molecule has 35 heavy (non-hydrogen) atoms. The van der Waals surface area contributed by atoms with Crippen LogP contribution in [0.4, 0.5) is 15.8 Å². The van der Waals surface area contributed by atoms with E-state index in [2.05, 4.69) is 25.6 Å². The van der Waals surface area contributed by atoms with Crippen molar-refractivity contribution in [3.63, 3.8) is 0 Å². The van der Waals surface area contributed by atoms with Crippen molar-refractivity contribution >= 4 is 34.1 Å². The second kappa shape index (κ2) is 8.98. The highest BCUT2D eigenvalue weighted by molar-refractivity contribution is 6.16. The van der Waals surface area contributed by atoms with E-state index in [-0.39, 0.29) is 0 Å². The number of nitrogens with one attached hydrogen (secondary N) is 2. The molecule has 176 valence electrons. The third kappa shape index (κ3) is 4.58. The molecule has 5 rings (SSSR count). The Balaban J connectivity index is 1.26. The molecule has 9 nitrogen and oxygen atoms in total. The van der Waals surface area contributed by atoms with Crippen molar-refractivity contribution in [1.29, 1.82) is 0 Å². The molecule has 0 bridgehead atoms. The minimum absolute atomic E-state index is 0.335. The van der Waals surface area contributed by atoms with E-state index in [0.717, 1.165) is 0 Å². The molecule has 1 fully saturated rings. The molecule has 0 radical (unpaired) electrons. The van der Waals surface area contributed by atoms with Crippen molar-refractivity contribution in [1.82, 2.24) is 15.0 Å². The zero-order valence-electron chi connectivity index (χ0n) is 18.6. The van der Waals surface area contributed by atoms with Crippen LogP contribution in [0.25, 0.3) is 10.9 Å². The molecule has 10 heteroatoms. The van der Waals surface area contributed by atoms with Gasteiger partial charge in [-0.15, -0.1) is 0 Å². The average Bonchev–Trinajstić information content (AvgIpc) is 3.69. The highest BCUT2D eigenvalue weighted by atomic mass is 19.1. The lowest BCUT2D eigenvalue weighted by atomic mass is 10.0. The number of amides is 2. The molecule has 2 amide bonds. The quantitative estimate of drug-likeness (QED) is 0.384. The lowest BCUT2D eigenvalue weighted by Gasteiger charge is -2.16. The summed E-state index contributed by atoms with van der Waals surface area (Å²) < 4.78 is 24.2. The Labute approximate surface area is 199 Å². The number of anilines is 2. The molecule has 0 unspecified atom stereocenters. The molecule has 2 heterocycles. The van der Waals surface area contributed by atoms with Crippen molar-refractivity contribution in [2.75, 3.05) is 17.7 Å². The van der Waals surface area contributed by atoms with Crippen LogP contribution in [0.2, 0.25) is 0 Å². The van der Waals surface area contributed by atoms with E-state index in [1.807, 2.05) is 0 Å². The van der Waals surface area contributed by atoms with E-state index in [0.29, 0.717) is 52.6 Å². The van der Waals surface area contributed by atoms with Crippen molar-refractivity contribution in [2.24, 2.45) is 5.41 Å². The van der Waals surface area contributed by atoms with Gasteiger partial charge in [-0.3, -0.25) is 9.59 Å². The predicted molar refractivity (Wildman–Crippen MR) is 126 cm³/mol. The standard InChI is InChI=1S/C25H20FN5O4/c1-34-21-12-19-20(13-27-21)28-14-29-22(19)35-18-8-6-17(7-9-18)31-24(33)25(10-11-25)23(32)30-16-4-2-15(26)3-5-16/h2-9,12-14H,10-11H2,1H3,(H,30,32)(H,31,33). The fourth-order valence-electron chi connectivity index (χ4n) is 3.54. The maximum absolute atomic E-state index is 13.1. The number of benzene rings is 2. The van der Waals surface area contributed by atoms with Crippen LogP contribution < -0.4 is 20.1 Å². The van der Waals surface area contributed by atoms with Crippen molar-refractivity contribution in [3.8, 4) is 17.5 Å². The first-order valence-electron chi connectivity index (χ1n) is 10.8. The van der Waals surface area contributed by atoms with Gasteiger partial charge < -0.3 is 20.1 Å². The van der Waals surface area contributed by atoms with E-state index in [1.165, 1.54) is 37.7 Å². The van der Waals surface area contributed by atoms with Crippen LogP contribution in [0.1, 0.15) is 12.8 Å². The molecule has 2 N–H and O–H groups in total. The van der Waals surface area contributed by atoms with E-state index in [4.69, 9.17) is 9.47 Å². The Morgan fingerprint density at radius 3 is 2.14 bits per heavy atom. The number of pyridine rings is 1. The van der Waals surface area contributed by atoms with Crippen LogP contribution in [-0.4, -0.2) is 33.9 Å². The summed E-state index contributed by atoms with van der Waals surface area (Å²) in [5.41, 5.74) is 0.411. The van der Waals surface area contributed by atoms with Gasteiger partial charge in [0.05, 0.1) is 24.2 Å². The molecular weight excluding hydrogens is 453 g/mol. The number of fused-ring (bicyclic) bond motifs is 1. The summed E-state index contributed by atoms with van der Waals surface area (Å²) in [6, 6.07) is 13.8. The van der Waals surface area contributed by atoms with E-state index < -0.39 is 23.0 Å². The van der Waals surface area contributed by atoms with Gasteiger partial charge in [-0.05, 0) is 61.4 Å². The summed E-state index contributed by atoms with van der Waals surface area (Å²) in [4.78, 5) is 38.1. The second-order valence-corrected chi connectivity index (χ2v) is 8.05. The summed E-state index contributed by atoms with van der Waals surface area (Å²) >= 11 is 0. The Bertz CT molecular complexity index is 1410. The summed E-state index contributed by atoms with van der Waals surface area (Å²) in [5.74, 6) is 0.0248. The van der Waals surface area contributed by atoms with Crippen molar-refractivity contribution < 1.29 is 23.5 Å². The number of carbonyl (C=O) groups is 2. The van der Waals surface area contributed by atoms with E-state index in [9.17, 15) is 14.0 Å². The number of hydrogen-bond acceptors (Lipinski definition) is 7. The van der Waals surface area contributed by atoms with Crippen LogP contribution in [-0.2, 0) is 9.59 Å². The molecule has 0 saturated heterocycles. The van der Waals surface area contributed by atoms with Crippen LogP contribution in [0.5, 0.6) is 17.5 Å². The van der Waals surface area contributed by atoms with Crippen molar-refractivity contribution in [2.45, 2.75) is 12.8 Å². The minimum Gasteiger partial charge on any atom is -0.481 e. The molecule has 2 aromatic carbocycles. The number of hydrogen-bond donors (Lipinski definition) is 2. The van der Waals surface area contributed by atoms with Gasteiger partial charge in [0.1, 0.15) is 23.3 Å². The van der Waals surface area contributed by atoms with Crippen LogP contribution in [0, 0.1) is 11.2 Å². The van der Waals surface area contributed by atoms with Crippen LogP contribution in [0.3, 0.4) is 0 Å². The van der Waals surface area contributed by atoms with Crippen molar-refractivity contribution in [3.05, 3.63) is 72.9 Å². The van der Waals surface area contributed by atoms with Gasteiger partial charge in [-0.1, -0.05) is 0 Å². The molecule has 0 atom stereocenters. The molecule has 2 aromatic heterocycles. The molecule has 0 spiro atoms.